The minimum absolute atomic E-state index is 0.00912. The van der Waals surface area contributed by atoms with E-state index >= 15 is 0 Å². The Morgan fingerprint density at radius 3 is 2.57 bits per heavy atom. The number of aromatic hydroxyl groups is 1. The summed E-state index contributed by atoms with van der Waals surface area (Å²) in [6, 6.07) is 13.8. The van der Waals surface area contributed by atoms with Crippen LogP contribution in [0.1, 0.15) is 35.1 Å². The first-order valence-electron chi connectivity index (χ1n) is 11.0. The molecule has 2 aromatic carbocycles. The highest BCUT2D eigenvalue weighted by atomic mass is 16.5. The summed E-state index contributed by atoms with van der Waals surface area (Å²) < 4.78 is 11.1. The fourth-order valence-electron chi connectivity index (χ4n) is 3.66. The third-order valence-electron chi connectivity index (χ3n) is 5.43. The minimum atomic E-state index is -0.856. The molecule has 0 saturated carbocycles. The first kappa shape index (κ1) is 23.8. The molecule has 10 nitrogen and oxygen atoms in total. The van der Waals surface area contributed by atoms with E-state index in [1.807, 2.05) is 19.1 Å². The second-order valence-electron chi connectivity index (χ2n) is 7.75. The molecule has 10 heteroatoms. The number of hydrogen-bond donors (Lipinski definition) is 2. The molecule has 1 aliphatic heterocycles. The standard InChI is InChI=1S/C25H25N5O5/c1-3-20-23(17-7-10-21(34-2)19(32)13-17)29-30(22(15-31)35-20)14-16-5-8-18(9-6-16)28-25(33)24-26-11-4-12-27-24/h4-13,15,20,22,32H,3,14H2,1-2H3,(H,28,33). The van der Waals surface area contributed by atoms with Gasteiger partial charge in [0.25, 0.3) is 5.91 Å². The number of phenols is 1. The maximum absolute atomic E-state index is 12.2. The van der Waals surface area contributed by atoms with Crippen LogP contribution in [0.15, 0.2) is 66.0 Å². The highest BCUT2D eigenvalue weighted by Crippen LogP contribution is 2.29. The van der Waals surface area contributed by atoms with Crippen molar-refractivity contribution in [2.24, 2.45) is 5.10 Å². The Bertz CT molecular complexity index is 1220. The van der Waals surface area contributed by atoms with Gasteiger partial charge in [0.2, 0.25) is 12.1 Å². The smallest absolute Gasteiger partial charge is 0.293 e. The van der Waals surface area contributed by atoms with Crippen molar-refractivity contribution in [2.45, 2.75) is 32.2 Å². The molecule has 180 valence electrons. The number of aromatic nitrogens is 2. The van der Waals surface area contributed by atoms with E-state index in [-0.39, 0.29) is 11.6 Å². The third kappa shape index (κ3) is 5.44. The zero-order valence-corrected chi connectivity index (χ0v) is 19.3. The molecule has 0 saturated heterocycles. The number of hydrogen-bond acceptors (Lipinski definition) is 9. The largest absolute Gasteiger partial charge is 0.504 e. The molecule has 1 aliphatic rings. The van der Waals surface area contributed by atoms with Crippen molar-refractivity contribution in [2.75, 3.05) is 12.4 Å². The molecule has 3 aromatic rings. The average Bonchev–Trinajstić information content (AvgIpc) is 2.90. The van der Waals surface area contributed by atoms with Gasteiger partial charge in [-0.1, -0.05) is 19.1 Å². The van der Waals surface area contributed by atoms with E-state index in [1.54, 1.807) is 41.4 Å². The molecular formula is C25H25N5O5. The lowest BCUT2D eigenvalue weighted by molar-refractivity contribution is -0.139. The number of nitrogens with zero attached hydrogens (tertiary/aromatic N) is 4. The number of rotatable bonds is 8. The van der Waals surface area contributed by atoms with Crippen LogP contribution < -0.4 is 10.1 Å². The van der Waals surface area contributed by atoms with Gasteiger partial charge in [-0.15, -0.1) is 0 Å². The third-order valence-corrected chi connectivity index (χ3v) is 5.43. The van der Waals surface area contributed by atoms with Gasteiger partial charge in [-0.2, -0.15) is 5.10 Å². The molecule has 2 heterocycles. The van der Waals surface area contributed by atoms with Crippen LogP contribution >= 0.6 is 0 Å². The summed E-state index contributed by atoms with van der Waals surface area (Å²) in [6.45, 7) is 2.23. The molecular weight excluding hydrogens is 450 g/mol. The van der Waals surface area contributed by atoms with Gasteiger partial charge in [-0.05, 0) is 48.4 Å². The number of methoxy groups -OCH3 is 1. The minimum Gasteiger partial charge on any atom is -0.504 e. The predicted octanol–water partition coefficient (Wildman–Crippen LogP) is 2.98. The van der Waals surface area contributed by atoms with Crippen LogP contribution in [0.3, 0.4) is 0 Å². The Kier molecular flexibility index (Phi) is 7.32. The second-order valence-corrected chi connectivity index (χ2v) is 7.75. The molecule has 2 N–H and O–H groups in total. The molecule has 0 bridgehead atoms. The number of carbonyl (C=O) groups is 2. The molecule has 0 aliphatic carbocycles. The Morgan fingerprint density at radius 2 is 1.94 bits per heavy atom. The van der Waals surface area contributed by atoms with Gasteiger partial charge in [0.15, 0.2) is 17.8 Å². The summed E-state index contributed by atoms with van der Waals surface area (Å²) in [5.41, 5.74) is 2.71. The lowest BCUT2D eigenvalue weighted by Crippen LogP contribution is -2.45. The van der Waals surface area contributed by atoms with Gasteiger partial charge < -0.3 is 19.9 Å². The van der Waals surface area contributed by atoms with Crippen molar-refractivity contribution in [1.29, 1.82) is 0 Å². The number of phenolic OH excluding ortho intramolecular Hbond substituents is 1. The van der Waals surface area contributed by atoms with Crippen molar-refractivity contribution >= 4 is 23.6 Å². The maximum atomic E-state index is 12.2. The van der Waals surface area contributed by atoms with Crippen LogP contribution in [0.25, 0.3) is 0 Å². The zero-order chi connectivity index (χ0) is 24.8. The van der Waals surface area contributed by atoms with Crippen LogP contribution in [0.4, 0.5) is 5.69 Å². The van der Waals surface area contributed by atoms with Crippen molar-refractivity contribution < 1.29 is 24.2 Å². The molecule has 35 heavy (non-hydrogen) atoms. The van der Waals surface area contributed by atoms with E-state index < -0.39 is 18.2 Å². The van der Waals surface area contributed by atoms with Gasteiger partial charge >= 0.3 is 0 Å². The van der Waals surface area contributed by atoms with Crippen LogP contribution in [0, 0.1) is 0 Å². The fourth-order valence-corrected chi connectivity index (χ4v) is 3.66. The van der Waals surface area contributed by atoms with E-state index in [0.717, 1.165) is 5.56 Å². The number of anilines is 1. The number of carbonyl (C=O) groups excluding carboxylic acids is 2. The van der Waals surface area contributed by atoms with Crippen molar-refractivity contribution in [3.05, 3.63) is 77.9 Å². The highest BCUT2D eigenvalue weighted by Gasteiger charge is 2.31. The van der Waals surface area contributed by atoms with Crippen LogP contribution in [-0.4, -0.2) is 57.4 Å². The van der Waals surface area contributed by atoms with Gasteiger partial charge in [0, 0.05) is 23.6 Å². The highest BCUT2D eigenvalue weighted by molar-refractivity contribution is 6.04. The number of benzene rings is 2. The molecule has 0 radical (unpaired) electrons. The monoisotopic (exact) mass is 475 g/mol. The first-order chi connectivity index (χ1) is 17.0. The molecule has 4 rings (SSSR count). The zero-order valence-electron chi connectivity index (χ0n) is 19.3. The van der Waals surface area contributed by atoms with E-state index in [2.05, 4.69) is 15.3 Å². The number of amides is 1. The molecule has 0 fully saturated rings. The lowest BCUT2D eigenvalue weighted by atomic mass is 10.0. The molecule has 2 atom stereocenters. The van der Waals surface area contributed by atoms with Gasteiger partial charge in [-0.3, -0.25) is 14.6 Å². The Morgan fingerprint density at radius 1 is 1.20 bits per heavy atom. The Balaban J connectivity index is 1.53. The average molecular weight is 476 g/mol. The summed E-state index contributed by atoms with van der Waals surface area (Å²) in [5.74, 6) is 0.0112. The molecule has 0 spiro atoms. The van der Waals surface area contributed by atoms with Gasteiger partial charge in [0.1, 0.15) is 6.10 Å². The van der Waals surface area contributed by atoms with Crippen molar-refractivity contribution in [1.82, 2.24) is 15.0 Å². The van der Waals surface area contributed by atoms with E-state index in [1.165, 1.54) is 19.5 Å². The summed E-state index contributed by atoms with van der Waals surface area (Å²) in [5, 5.41) is 19.2. The SMILES string of the molecule is CCC1OC(C=O)N(Cc2ccc(NC(=O)c3ncccn3)cc2)N=C1c1ccc(OC)c(O)c1. The van der Waals surface area contributed by atoms with Gasteiger partial charge in [-0.25, -0.2) is 9.97 Å². The Hall–Kier alpha value is -4.31. The number of hydrazone groups is 1. The fraction of sp³-hybridized carbons (Fsp3) is 0.240. The van der Waals surface area contributed by atoms with E-state index in [0.29, 0.717) is 42.0 Å². The summed E-state index contributed by atoms with van der Waals surface area (Å²) >= 11 is 0. The van der Waals surface area contributed by atoms with Crippen molar-refractivity contribution in [3.8, 4) is 11.5 Å². The van der Waals surface area contributed by atoms with Crippen LogP contribution in [0.2, 0.25) is 0 Å². The maximum Gasteiger partial charge on any atom is 0.293 e. The predicted molar refractivity (Wildman–Crippen MR) is 128 cm³/mol. The lowest BCUT2D eigenvalue weighted by Gasteiger charge is -2.35. The van der Waals surface area contributed by atoms with Crippen LogP contribution in [-0.2, 0) is 16.1 Å². The van der Waals surface area contributed by atoms with E-state index in [4.69, 9.17) is 14.6 Å². The van der Waals surface area contributed by atoms with Gasteiger partial charge in [0.05, 0.1) is 19.4 Å². The number of ether oxygens (including phenoxy) is 2. The normalized spacial score (nSPS) is 17.4. The molecule has 1 aromatic heterocycles. The first-order valence-corrected chi connectivity index (χ1v) is 11.0. The second kappa shape index (κ2) is 10.7. The number of aldehydes is 1. The van der Waals surface area contributed by atoms with E-state index in [9.17, 15) is 14.7 Å². The Labute approximate surface area is 202 Å². The summed E-state index contributed by atoms with van der Waals surface area (Å²) in [4.78, 5) is 31.9. The van der Waals surface area contributed by atoms with Crippen molar-refractivity contribution in [3.63, 3.8) is 0 Å². The topological polar surface area (TPSA) is 126 Å². The number of nitrogens with one attached hydrogen (secondary N) is 1. The summed E-state index contributed by atoms with van der Waals surface area (Å²) in [7, 11) is 1.48. The quantitative estimate of drug-likeness (QED) is 0.476. The molecule has 2 unspecified atom stereocenters. The summed E-state index contributed by atoms with van der Waals surface area (Å²) in [6.07, 6.45) is 3.05. The molecule has 1 amide bonds. The van der Waals surface area contributed by atoms with Crippen LogP contribution in [0.5, 0.6) is 11.5 Å².